The summed E-state index contributed by atoms with van der Waals surface area (Å²) in [5.41, 5.74) is 3.73. The number of carbonyl (C=O) groups is 1. The maximum absolute atomic E-state index is 13.1. The molecule has 1 atom stereocenters. The highest BCUT2D eigenvalue weighted by Crippen LogP contribution is 2.30. The van der Waals surface area contributed by atoms with Crippen LogP contribution in [0.5, 0.6) is 5.75 Å². The molecule has 3 N–H and O–H groups in total. The summed E-state index contributed by atoms with van der Waals surface area (Å²) in [7, 11) is 1.61. The van der Waals surface area contributed by atoms with E-state index in [1.807, 2.05) is 44.2 Å². The van der Waals surface area contributed by atoms with Gasteiger partial charge in [0.25, 0.3) is 5.91 Å². The number of halogens is 1. The van der Waals surface area contributed by atoms with E-state index in [2.05, 4.69) is 16.0 Å². The van der Waals surface area contributed by atoms with Crippen molar-refractivity contribution in [2.24, 2.45) is 0 Å². The van der Waals surface area contributed by atoms with Crippen LogP contribution in [0.1, 0.15) is 24.1 Å². The molecular weight excluding hydrogens is 382 g/mol. The van der Waals surface area contributed by atoms with Crippen molar-refractivity contribution >= 4 is 40.5 Å². The minimum absolute atomic E-state index is 0.229. The molecule has 1 aliphatic heterocycles. The van der Waals surface area contributed by atoms with E-state index in [-0.39, 0.29) is 5.91 Å². The van der Waals surface area contributed by atoms with E-state index in [9.17, 15) is 4.79 Å². The molecule has 27 heavy (non-hydrogen) atoms. The SMILES string of the molecule is COc1cccc([C@H]2NC(=S)NC(C)=C2C(=O)Nc2cc(Cl)ccc2C)c1. The second-order valence-corrected chi connectivity index (χ2v) is 7.10. The minimum Gasteiger partial charge on any atom is -0.497 e. The van der Waals surface area contributed by atoms with Crippen LogP contribution < -0.4 is 20.7 Å². The lowest BCUT2D eigenvalue weighted by Gasteiger charge is -2.30. The standard InChI is InChI=1S/C20H20ClN3O2S/c1-11-7-8-14(21)10-16(11)23-19(25)17-12(2)22-20(27)24-18(17)13-5-4-6-15(9-13)26-3/h4-10,18H,1-3H3,(H,23,25)(H2,22,24,27)/t18-/m1/s1. The van der Waals surface area contributed by atoms with E-state index in [4.69, 9.17) is 28.6 Å². The van der Waals surface area contributed by atoms with Crippen LogP contribution in [0.4, 0.5) is 5.69 Å². The third-order valence-electron chi connectivity index (χ3n) is 4.39. The van der Waals surface area contributed by atoms with Gasteiger partial charge in [0.1, 0.15) is 5.75 Å². The molecule has 0 aliphatic carbocycles. The van der Waals surface area contributed by atoms with Gasteiger partial charge in [-0.15, -0.1) is 0 Å². The van der Waals surface area contributed by atoms with Crippen molar-refractivity contribution in [3.8, 4) is 5.75 Å². The molecule has 0 saturated heterocycles. The van der Waals surface area contributed by atoms with Crippen molar-refractivity contribution in [2.75, 3.05) is 12.4 Å². The molecule has 0 saturated carbocycles. The Labute approximate surface area is 168 Å². The average Bonchev–Trinajstić information content (AvgIpc) is 2.64. The number of hydrogen-bond acceptors (Lipinski definition) is 3. The largest absolute Gasteiger partial charge is 0.497 e. The number of hydrogen-bond donors (Lipinski definition) is 3. The number of ether oxygens (including phenoxy) is 1. The zero-order chi connectivity index (χ0) is 19.6. The summed E-state index contributed by atoms with van der Waals surface area (Å²) < 4.78 is 5.31. The average molecular weight is 402 g/mol. The lowest BCUT2D eigenvalue weighted by molar-refractivity contribution is -0.113. The monoisotopic (exact) mass is 401 g/mol. The Morgan fingerprint density at radius 2 is 2.00 bits per heavy atom. The molecule has 7 heteroatoms. The van der Waals surface area contributed by atoms with Gasteiger partial charge in [0.2, 0.25) is 0 Å². The molecular formula is C20H20ClN3O2S. The van der Waals surface area contributed by atoms with Crippen molar-refractivity contribution in [1.29, 1.82) is 0 Å². The lowest BCUT2D eigenvalue weighted by Crippen LogP contribution is -2.45. The topological polar surface area (TPSA) is 62.4 Å². The van der Waals surface area contributed by atoms with Gasteiger partial charge in [0, 0.05) is 16.4 Å². The molecule has 3 rings (SSSR count). The van der Waals surface area contributed by atoms with Crippen molar-refractivity contribution in [2.45, 2.75) is 19.9 Å². The van der Waals surface area contributed by atoms with E-state index in [0.717, 1.165) is 11.1 Å². The summed E-state index contributed by atoms with van der Waals surface area (Å²) in [5, 5.41) is 10.2. The summed E-state index contributed by atoms with van der Waals surface area (Å²) in [6, 6.07) is 12.5. The van der Waals surface area contributed by atoms with Crippen molar-refractivity contribution < 1.29 is 9.53 Å². The van der Waals surface area contributed by atoms with Crippen molar-refractivity contribution in [3.63, 3.8) is 0 Å². The summed E-state index contributed by atoms with van der Waals surface area (Å²) in [6.45, 7) is 3.75. The normalized spacial score (nSPS) is 16.4. The molecule has 140 valence electrons. The Hall–Kier alpha value is -2.57. The number of allylic oxidation sites excluding steroid dienone is 1. The minimum atomic E-state index is -0.395. The fraction of sp³-hybridized carbons (Fsp3) is 0.200. The van der Waals surface area contributed by atoms with Crippen LogP contribution in [-0.4, -0.2) is 18.1 Å². The quantitative estimate of drug-likeness (QED) is 0.673. The van der Waals surface area contributed by atoms with Gasteiger partial charge in [-0.25, -0.2) is 0 Å². The molecule has 1 amide bonds. The number of thiocarbonyl (C=S) groups is 1. The highest BCUT2D eigenvalue weighted by molar-refractivity contribution is 7.80. The molecule has 5 nitrogen and oxygen atoms in total. The molecule has 0 radical (unpaired) electrons. The van der Waals surface area contributed by atoms with Gasteiger partial charge in [-0.3, -0.25) is 4.79 Å². The van der Waals surface area contributed by atoms with Gasteiger partial charge in [-0.05, 0) is 61.5 Å². The first-order valence-corrected chi connectivity index (χ1v) is 9.17. The number of benzene rings is 2. The van der Waals surface area contributed by atoms with Crippen LogP contribution in [0.15, 0.2) is 53.7 Å². The molecule has 0 aromatic heterocycles. The second-order valence-electron chi connectivity index (χ2n) is 6.26. The Morgan fingerprint density at radius 3 is 2.74 bits per heavy atom. The summed E-state index contributed by atoms with van der Waals surface area (Å²) in [5.74, 6) is 0.482. The van der Waals surface area contributed by atoms with Crippen LogP contribution in [0.2, 0.25) is 5.02 Å². The maximum atomic E-state index is 13.1. The Balaban J connectivity index is 1.98. The maximum Gasteiger partial charge on any atom is 0.255 e. The van der Waals surface area contributed by atoms with Crippen LogP contribution in [0.25, 0.3) is 0 Å². The molecule has 2 aromatic rings. The molecule has 1 heterocycles. The predicted octanol–water partition coefficient (Wildman–Crippen LogP) is 4.09. The first-order valence-electron chi connectivity index (χ1n) is 8.39. The van der Waals surface area contributed by atoms with Gasteiger partial charge in [0.05, 0.1) is 18.7 Å². The number of aryl methyl sites for hydroxylation is 1. The summed E-state index contributed by atoms with van der Waals surface area (Å²) in [6.07, 6.45) is 0. The van der Waals surface area contributed by atoms with Gasteiger partial charge in [-0.2, -0.15) is 0 Å². The third-order valence-corrected chi connectivity index (χ3v) is 4.84. The van der Waals surface area contributed by atoms with E-state index in [0.29, 0.717) is 32.8 Å². The van der Waals surface area contributed by atoms with Crippen LogP contribution in [0, 0.1) is 6.92 Å². The van der Waals surface area contributed by atoms with Crippen molar-refractivity contribution in [1.82, 2.24) is 10.6 Å². The zero-order valence-electron chi connectivity index (χ0n) is 15.2. The summed E-state index contributed by atoms with van der Waals surface area (Å²) >= 11 is 11.4. The highest BCUT2D eigenvalue weighted by Gasteiger charge is 2.30. The summed E-state index contributed by atoms with van der Waals surface area (Å²) in [4.78, 5) is 13.1. The van der Waals surface area contributed by atoms with Gasteiger partial charge in [0.15, 0.2) is 5.11 Å². The number of nitrogens with one attached hydrogen (secondary N) is 3. The first kappa shape index (κ1) is 19.2. The van der Waals surface area contributed by atoms with Crippen LogP contribution in [-0.2, 0) is 4.79 Å². The molecule has 0 bridgehead atoms. The number of carbonyl (C=O) groups excluding carboxylic acids is 1. The smallest absolute Gasteiger partial charge is 0.255 e. The van der Waals surface area contributed by atoms with E-state index in [1.54, 1.807) is 19.2 Å². The first-order chi connectivity index (χ1) is 12.9. The second kappa shape index (κ2) is 7.98. The van der Waals surface area contributed by atoms with Crippen molar-refractivity contribution in [3.05, 3.63) is 69.9 Å². The van der Waals surface area contributed by atoms with Gasteiger partial charge < -0.3 is 20.7 Å². The molecule has 2 aromatic carbocycles. The van der Waals surface area contributed by atoms with Gasteiger partial charge in [-0.1, -0.05) is 29.8 Å². The number of anilines is 1. The van der Waals surface area contributed by atoms with Crippen LogP contribution >= 0.6 is 23.8 Å². The lowest BCUT2D eigenvalue weighted by atomic mass is 9.94. The van der Waals surface area contributed by atoms with E-state index >= 15 is 0 Å². The predicted molar refractivity (Wildman–Crippen MR) is 112 cm³/mol. The molecule has 1 aliphatic rings. The zero-order valence-corrected chi connectivity index (χ0v) is 16.8. The number of rotatable bonds is 4. The van der Waals surface area contributed by atoms with Crippen LogP contribution in [0.3, 0.4) is 0 Å². The Bertz CT molecular complexity index is 943. The third kappa shape index (κ3) is 4.23. The molecule has 0 spiro atoms. The highest BCUT2D eigenvalue weighted by atomic mass is 35.5. The Kier molecular flexibility index (Phi) is 5.68. The number of amides is 1. The van der Waals surface area contributed by atoms with E-state index < -0.39 is 6.04 Å². The van der Waals surface area contributed by atoms with E-state index in [1.165, 1.54) is 0 Å². The van der Waals surface area contributed by atoms with Gasteiger partial charge >= 0.3 is 0 Å². The number of methoxy groups -OCH3 is 1. The fourth-order valence-corrected chi connectivity index (χ4v) is 3.43. The fourth-order valence-electron chi connectivity index (χ4n) is 2.98. The molecule has 0 unspecified atom stereocenters. The molecule has 0 fully saturated rings. The Morgan fingerprint density at radius 1 is 1.22 bits per heavy atom.